The molecule has 0 aliphatic carbocycles. The highest BCUT2D eigenvalue weighted by Crippen LogP contribution is 2.32. The smallest absolute Gasteiger partial charge is 0.235 e. The Hall–Kier alpha value is -1.88. The van der Waals surface area contributed by atoms with E-state index >= 15 is 0 Å². The van der Waals surface area contributed by atoms with Crippen molar-refractivity contribution in [1.29, 1.82) is 5.26 Å². The van der Waals surface area contributed by atoms with Gasteiger partial charge in [-0.1, -0.05) is 23.9 Å². The third kappa shape index (κ3) is 3.39. The first-order chi connectivity index (χ1) is 11.1. The summed E-state index contributed by atoms with van der Waals surface area (Å²) in [6.45, 7) is 3.85. The van der Waals surface area contributed by atoms with Gasteiger partial charge in [-0.05, 0) is 31.5 Å². The number of hydrogen-bond donors (Lipinski definition) is 1. The topological polar surface area (TPSA) is 65.8 Å². The van der Waals surface area contributed by atoms with Crippen molar-refractivity contribution < 1.29 is 4.79 Å². The predicted molar refractivity (Wildman–Crippen MR) is 97.5 cm³/mol. The number of thiophene rings is 1. The molecule has 7 heteroatoms. The van der Waals surface area contributed by atoms with E-state index in [1.165, 1.54) is 23.1 Å². The molecule has 0 saturated carbocycles. The van der Waals surface area contributed by atoms with E-state index in [9.17, 15) is 10.1 Å². The van der Waals surface area contributed by atoms with Crippen molar-refractivity contribution in [2.45, 2.75) is 18.2 Å². The molecule has 0 radical (unpaired) electrons. The Morgan fingerprint density at radius 2 is 2.13 bits per heavy atom. The molecule has 0 aliphatic heterocycles. The molecule has 0 spiro atoms. The number of nitriles is 1. The first-order valence-corrected chi connectivity index (χ1v) is 9.48. The second-order valence-electron chi connectivity index (χ2n) is 4.88. The largest absolute Gasteiger partial charge is 0.316 e. The van der Waals surface area contributed by atoms with Crippen molar-refractivity contribution >= 4 is 55.6 Å². The van der Waals surface area contributed by atoms with Crippen molar-refractivity contribution in [3.63, 3.8) is 0 Å². The lowest BCUT2D eigenvalue weighted by molar-refractivity contribution is -0.113. The summed E-state index contributed by atoms with van der Waals surface area (Å²) in [4.78, 5) is 17.7. The van der Waals surface area contributed by atoms with Gasteiger partial charge in [0.15, 0.2) is 4.34 Å². The van der Waals surface area contributed by atoms with Crippen LogP contribution in [0.25, 0.3) is 10.2 Å². The molecule has 23 heavy (non-hydrogen) atoms. The highest BCUT2D eigenvalue weighted by Gasteiger charge is 2.15. The lowest BCUT2D eigenvalue weighted by Gasteiger charge is -2.01. The van der Waals surface area contributed by atoms with Gasteiger partial charge in [0.05, 0.1) is 21.5 Å². The summed E-state index contributed by atoms with van der Waals surface area (Å²) in [6.07, 6.45) is 0. The maximum absolute atomic E-state index is 12.1. The minimum Gasteiger partial charge on any atom is -0.316 e. The van der Waals surface area contributed by atoms with E-state index in [4.69, 9.17) is 0 Å². The van der Waals surface area contributed by atoms with Gasteiger partial charge in [0, 0.05) is 4.88 Å². The molecule has 0 fully saturated rings. The number of thioether (sulfide) groups is 1. The first-order valence-electron chi connectivity index (χ1n) is 6.87. The summed E-state index contributed by atoms with van der Waals surface area (Å²) in [7, 11) is 0. The number of fused-ring (bicyclic) bond motifs is 1. The fraction of sp³-hybridized carbons (Fsp3) is 0.188. The Kier molecular flexibility index (Phi) is 4.66. The molecule has 4 nitrogen and oxygen atoms in total. The van der Waals surface area contributed by atoms with E-state index in [1.54, 1.807) is 11.3 Å². The summed E-state index contributed by atoms with van der Waals surface area (Å²) < 4.78 is 1.99. The quantitative estimate of drug-likeness (QED) is 0.693. The van der Waals surface area contributed by atoms with E-state index in [2.05, 4.69) is 16.4 Å². The number of aryl methyl sites for hydroxylation is 1. The molecule has 3 aromatic rings. The van der Waals surface area contributed by atoms with Crippen LogP contribution >= 0.6 is 34.4 Å². The van der Waals surface area contributed by atoms with Crippen LogP contribution in [0.3, 0.4) is 0 Å². The average molecular weight is 360 g/mol. The van der Waals surface area contributed by atoms with Gasteiger partial charge in [-0.15, -0.1) is 22.7 Å². The first kappa shape index (κ1) is 16.0. The number of aromatic nitrogens is 1. The normalized spacial score (nSPS) is 10.7. The Labute approximate surface area is 146 Å². The van der Waals surface area contributed by atoms with E-state index in [-0.39, 0.29) is 11.7 Å². The molecular weight excluding hydrogens is 346 g/mol. The van der Waals surface area contributed by atoms with Gasteiger partial charge in [0.25, 0.3) is 0 Å². The number of para-hydroxylation sites is 1. The highest BCUT2D eigenvalue weighted by atomic mass is 32.2. The summed E-state index contributed by atoms with van der Waals surface area (Å²) in [5.74, 6) is 0.160. The van der Waals surface area contributed by atoms with Crippen LogP contribution in [0, 0.1) is 25.2 Å². The predicted octanol–water partition coefficient (Wildman–Crippen LogP) is 4.58. The monoisotopic (exact) mass is 359 g/mol. The number of anilines is 1. The highest BCUT2D eigenvalue weighted by molar-refractivity contribution is 8.01. The van der Waals surface area contributed by atoms with Crippen LogP contribution in [0.1, 0.15) is 16.0 Å². The lowest BCUT2D eigenvalue weighted by Crippen LogP contribution is -2.13. The third-order valence-electron chi connectivity index (χ3n) is 3.35. The summed E-state index contributed by atoms with van der Waals surface area (Å²) in [5, 5.41) is 12.7. The van der Waals surface area contributed by atoms with Gasteiger partial charge >= 0.3 is 0 Å². The number of hydrogen-bond acceptors (Lipinski definition) is 6. The molecule has 1 aromatic carbocycles. The Morgan fingerprint density at radius 1 is 1.35 bits per heavy atom. The summed E-state index contributed by atoms with van der Waals surface area (Å²) in [6, 6.07) is 10.1. The Morgan fingerprint density at radius 3 is 2.87 bits per heavy atom. The molecule has 3 rings (SSSR count). The molecule has 0 unspecified atom stereocenters. The summed E-state index contributed by atoms with van der Waals surface area (Å²) >= 11 is 4.44. The number of nitrogens with zero attached hydrogens (tertiary/aromatic N) is 2. The lowest BCUT2D eigenvalue weighted by atomic mass is 10.2. The number of benzene rings is 1. The van der Waals surface area contributed by atoms with E-state index in [0.29, 0.717) is 10.6 Å². The molecule has 0 atom stereocenters. The van der Waals surface area contributed by atoms with Crippen LogP contribution in [0.5, 0.6) is 0 Å². The van der Waals surface area contributed by atoms with Gasteiger partial charge in [-0.25, -0.2) is 4.98 Å². The van der Waals surface area contributed by atoms with Crippen molar-refractivity contribution in [2.24, 2.45) is 0 Å². The van der Waals surface area contributed by atoms with Crippen molar-refractivity contribution in [3.05, 3.63) is 40.3 Å². The van der Waals surface area contributed by atoms with E-state index < -0.39 is 0 Å². The number of carbonyl (C=O) groups is 1. The zero-order chi connectivity index (χ0) is 16.4. The molecular formula is C16H13N3OS3. The minimum absolute atomic E-state index is 0.119. The number of rotatable bonds is 4. The van der Waals surface area contributed by atoms with Gasteiger partial charge in [-0.3, -0.25) is 4.79 Å². The minimum atomic E-state index is -0.119. The third-order valence-corrected chi connectivity index (χ3v) is 6.65. The van der Waals surface area contributed by atoms with Crippen LogP contribution in [0.4, 0.5) is 5.00 Å². The number of amides is 1. The number of nitrogens with one attached hydrogen (secondary N) is 1. The van der Waals surface area contributed by atoms with Crippen LogP contribution < -0.4 is 5.32 Å². The van der Waals surface area contributed by atoms with Crippen LogP contribution in [0.2, 0.25) is 0 Å². The molecule has 0 saturated heterocycles. The van der Waals surface area contributed by atoms with Crippen LogP contribution in [-0.4, -0.2) is 16.6 Å². The van der Waals surface area contributed by atoms with Gasteiger partial charge in [0.1, 0.15) is 11.1 Å². The molecule has 116 valence electrons. The molecule has 1 amide bonds. The maximum atomic E-state index is 12.1. The fourth-order valence-corrected chi connectivity index (χ4v) is 4.95. The van der Waals surface area contributed by atoms with E-state index in [1.807, 2.05) is 38.1 Å². The van der Waals surface area contributed by atoms with Crippen LogP contribution in [0.15, 0.2) is 28.6 Å². The van der Waals surface area contributed by atoms with Crippen LogP contribution in [-0.2, 0) is 4.79 Å². The second kappa shape index (κ2) is 6.71. The Balaban J connectivity index is 1.66. The fourth-order valence-electron chi connectivity index (χ4n) is 2.05. The van der Waals surface area contributed by atoms with Gasteiger partial charge < -0.3 is 5.32 Å². The van der Waals surface area contributed by atoms with Crippen molar-refractivity contribution in [1.82, 2.24) is 4.98 Å². The molecule has 1 N–H and O–H groups in total. The molecule has 0 bridgehead atoms. The average Bonchev–Trinajstić information content (AvgIpc) is 3.06. The molecule has 2 heterocycles. The molecule has 2 aromatic heterocycles. The maximum Gasteiger partial charge on any atom is 0.235 e. The van der Waals surface area contributed by atoms with E-state index in [0.717, 1.165) is 25.0 Å². The van der Waals surface area contributed by atoms with Gasteiger partial charge in [-0.2, -0.15) is 5.26 Å². The number of thiazole rings is 1. The van der Waals surface area contributed by atoms with Crippen molar-refractivity contribution in [2.75, 3.05) is 11.1 Å². The zero-order valence-corrected chi connectivity index (χ0v) is 15.0. The standard InChI is InChI=1S/C16H13N3OS3/c1-9-10(2)22-15(11(9)7-17)19-14(20)8-21-16-18-12-5-3-4-6-13(12)23-16/h3-6H,8H2,1-2H3,(H,19,20). The van der Waals surface area contributed by atoms with Crippen molar-refractivity contribution in [3.8, 4) is 6.07 Å². The zero-order valence-electron chi connectivity index (χ0n) is 12.5. The second-order valence-corrected chi connectivity index (χ2v) is 8.36. The SMILES string of the molecule is Cc1sc(NC(=O)CSc2nc3ccccc3s2)c(C#N)c1C. The Bertz CT molecular complexity index is 887. The van der Waals surface area contributed by atoms with Gasteiger partial charge in [0.2, 0.25) is 5.91 Å². The summed E-state index contributed by atoms with van der Waals surface area (Å²) in [5.41, 5.74) is 2.45. The molecule has 0 aliphatic rings. The number of carbonyl (C=O) groups excluding carboxylic acids is 1.